The molecule has 3 rings (SSSR count). The highest BCUT2D eigenvalue weighted by Crippen LogP contribution is 2.28. The van der Waals surface area contributed by atoms with Gasteiger partial charge >= 0.3 is 0 Å². The lowest BCUT2D eigenvalue weighted by Gasteiger charge is -2.27. The van der Waals surface area contributed by atoms with E-state index in [-0.39, 0.29) is 0 Å². The maximum Gasteiger partial charge on any atom is 0.124 e. The SMILES string of the molecule is CN(C)Cc1nc2cc(Cl)ccc2n1C1CCNCC1. The number of aromatic nitrogens is 2. The molecule has 0 saturated carbocycles. The third kappa shape index (κ3) is 2.68. The van der Waals surface area contributed by atoms with Crippen LogP contribution in [0.4, 0.5) is 0 Å². The van der Waals surface area contributed by atoms with E-state index < -0.39 is 0 Å². The summed E-state index contributed by atoms with van der Waals surface area (Å²) in [6.07, 6.45) is 2.32. The summed E-state index contributed by atoms with van der Waals surface area (Å²) in [5.41, 5.74) is 2.21. The van der Waals surface area contributed by atoms with Crippen molar-refractivity contribution >= 4 is 22.6 Å². The van der Waals surface area contributed by atoms with E-state index in [4.69, 9.17) is 16.6 Å². The van der Waals surface area contributed by atoms with E-state index >= 15 is 0 Å². The molecule has 0 radical (unpaired) electrons. The minimum atomic E-state index is 0.539. The van der Waals surface area contributed by atoms with Gasteiger partial charge in [-0.25, -0.2) is 4.98 Å². The normalized spacial score (nSPS) is 17.2. The van der Waals surface area contributed by atoms with Gasteiger partial charge in [0.25, 0.3) is 0 Å². The fraction of sp³-hybridized carbons (Fsp3) is 0.533. The van der Waals surface area contributed by atoms with Crippen molar-refractivity contribution in [1.29, 1.82) is 0 Å². The molecule has 4 nitrogen and oxygen atoms in total. The van der Waals surface area contributed by atoms with Crippen LogP contribution in [-0.4, -0.2) is 41.6 Å². The van der Waals surface area contributed by atoms with Gasteiger partial charge in [0, 0.05) is 11.1 Å². The van der Waals surface area contributed by atoms with E-state index in [2.05, 4.69) is 34.9 Å². The molecule has 108 valence electrons. The molecule has 2 aromatic rings. The van der Waals surface area contributed by atoms with Gasteiger partial charge in [0.2, 0.25) is 0 Å². The van der Waals surface area contributed by atoms with Gasteiger partial charge in [0.1, 0.15) is 5.82 Å². The summed E-state index contributed by atoms with van der Waals surface area (Å²) in [6.45, 7) is 3.02. The number of fused-ring (bicyclic) bond motifs is 1. The molecule has 1 fully saturated rings. The van der Waals surface area contributed by atoms with Crippen molar-refractivity contribution in [2.24, 2.45) is 0 Å². The van der Waals surface area contributed by atoms with Gasteiger partial charge in [-0.3, -0.25) is 0 Å². The van der Waals surface area contributed by atoms with E-state index in [0.717, 1.165) is 48.8 Å². The Morgan fingerprint density at radius 1 is 1.35 bits per heavy atom. The number of piperidine rings is 1. The van der Waals surface area contributed by atoms with Crippen LogP contribution in [0.5, 0.6) is 0 Å². The summed E-state index contributed by atoms with van der Waals surface area (Å²) < 4.78 is 2.42. The summed E-state index contributed by atoms with van der Waals surface area (Å²) >= 11 is 6.10. The van der Waals surface area contributed by atoms with E-state index in [1.54, 1.807) is 0 Å². The molecule has 1 aliphatic heterocycles. The Kier molecular flexibility index (Phi) is 3.96. The van der Waals surface area contributed by atoms with Gasteiger partial charge in [-0.1, -0.05) is 11.6 Å². The summed E-state index contributed by atoms with van der Waals surface area (Å²) in [5, 5.41) is 4.18. The maximum absolute atomic E-state index is 6.10. The Balaban J connectivity index is 2.09. The molecule has 1 aromatic heterocycles. The van der Waals surface area contributed by atoms with Gasteiger partial charge in [0.05, 0.1) is 17.6 Å². The number of imidazole rings is 1. The first kappa shape index (κ1) is 13.9. The van der Waals surface area contributed by atoms with Crippen molar-refractivity contribution in [1.82, 2.24) is 19.8 Å². The fourth-order valence-electron chi connectivity index (χ4n) is 2.99. The molecule has 2 heterocycles. The predicted molar refractivity (Wildman–Crippen MR) is 83.3 cm³/mol. The highest BCUT2D eigenvalue weighted by Gasteiger charge is 2.21. The Bertz CT molecular complexity index is 599. The quantitative estimate of drug-likeness (QED) is 0.944. The molecule has 0 spiro atoms. The van der Waals surface area contributed by atoms with E-state index in [1.165, 1.54) is 5.52 Å². The van der Waals surface area contributed by atoms with Crippen LogP contribution in [0.25, 0.3) is 11.0 Å². The third-order valence-corrected chi connectivity index (χ3v) is 4.09. The average molecular weight is 293 g/mol. The van der Waals surface area contributed by atoms with Crippen LogP contribution >= 0.6 is 11.6 Å². The van der Waals surface area contributed by atoms with Crippen LogP contribution in [0.3, 0.4) is 0 Å². The zero-order valence-electron chi connectivity index (χ0n) is 12.1. The second-order valence-corrected chi connectivity index (χ2v) is 6.19. The highest BCUT2D eigenvalue weighted by molar-refractivity contribution is 6.31. The standard InChI is InChI=1S/C15H21ClN4/c1-19(2)10-15-18-13-9-11(16)3-4-14(13)20(15)12-5-7-17-8-6-12/h3-4,9,12,17H,5-8,10H2,1-2H3. The Labute approximate surface area is 124 Å². The maximum atomic E-state index is 6.10. The van der Waals surface area contributed by atoms with Crippen molar-refractivity contribution in [3.63, 3.8) is 0 Å². The second-order valence-electron chi connectivity index (χ2n) is 5.75. The van der Waals surface area contributed by atoms with Crippen LogP contribution in [-0.2, 0) is 6.54 Å². The molecule has 0 aliphatic carbocycles. The molecule has 0 unspecified atom stereocenters. The summed E-state index contributed by atoms with van der Waals surface area (Å²) in [4.78, 5) is 6.97. The number of rotatable bonds is 3. The Hall–Kier alpha value is -1.10. The number of hydrogen-bond acceptors (Lipinski definition) is 3. The number of halogens is 1. The van der Waals surface area contributed by atoms with Gasteiger partial charge in [-0.05, 0) is 58.2 Å². The van der Waals surface area contributed by atoms with E-state index in [0.29, 0.717) is 6.04 Å². The zero-order chi connectivity index (χ0) is 14.1. The monoisotopic (exact) mass is 292 g/mol. The number of hydrogen-bond donors (Lipinski definition) is 1. The van der Waals surface area contributed by atoms with Gasteiger partial charge in [0.15, 0.2) is 0 Å². The number of nitrogens with zero attached hydrogens (tertiary/aromatic N) is 3. The van der Waals surface area contributed by atoms with Crippen molar-refractivity contribution < 1.29 is 0 Å². The number of benzene rings is 1. The fourth-order valence-corrected chi connectivity index (χ4v) is 3.15. The van der Waals surface area contributed by atoms with Crippen LogP contribution in [0.15, 0.2) is 18.2 Å². The lowest BCUT2D eigenvalue weighted by atomic mass is 10.1. The Morgan fingerprint density at radius 3 is 2.80 bits per heavy atom. The summed E-state index contributed by atoms with van der Waals surface area (Å²) in [6, 6.07) is 6.57. The van der Waals surface area contributed by atoms with Crippen molar-refractivity contribution in [2.75, 3.05) is 27.2 Å². The predicted octanol–water partition coefficient (Wildman–Crippen LogP) is 2.68. The largest absolute Gasteiger partial charge is 0.324 e. The topological polar surface area (TPSA) is 33.1 Å². The zero-order valence-corrected chi connectivity index (χ0v) is 12.8. The minimum Gasteiger partial charge on any atom is -0.324 e. The molecule has 1 aliphatic rings. The van der Waals surface area contributed by atoms with Crippen LogP contribution < -0.4 is 5.32 Å². The Morgan fingerprint density at radius 2 is 2.10 bits per heavy atom. The molecular formula is C15H21ClN4. The first-order chi connectivity index (χ1) is 9.65. The van der Waals surface area contributed by atoms with Crippen molar-refractivity contribution in [2.45, 2.75) is 25.4 Å². The van der Waals surface area contributed by atoms with Crippen LogP contribution in [0.2, 0.25) is 5.02 Å². The summed E-state index contributed by atoms with van der Waals surface area (Å²) in [7, 11) is 4.16. The van der Waals surface area contributed by atoms with Crippen LogP contribution in [0, 0.1) is 0 Å². The molecule has 1 aromatic carbocycles. The highest BCUT2D eigenvalue weighted by atomic mass is 35.5. The average Bonchev–Trinajstić information content (AvgIpc) is 2.75. The first-order valence-electron chi connectivity index (χ1n) is 7.17. The first-order valence-corrected chi connectivity index (χ1v) is 7.55. The van der Waals surface area contributed by atoms with Crippen molar-refractivity contribution in [3.8, 4) is 0 Å². The number of nitrogens with one attached hydrogen (secondary N) is 1. The third-order valence-electron chi connectivity index (χ3n) is 3.86. The molecule has 0 atom stereocenters. The van der Waals surface area contributed by atoms with Crippen LogP contribution in [0.1, 0.15) is 24.7 Å². The molecule has 0 bridgehead atoms. The molecule has 20 heavy (non-hydrogen) atoms. The van der Waals surface area contributed by atoms with E-state index in [1.807, 2.05) is 12.1 Å². The summed E-state index contributed by atoms with van der Waals surface area (Å²) in [5.74, 6) is 1.14. The van der Waals surface area contributed by atoms with Gasteiger partial charge in [-0.15, -0.1) is 0 Å². The van der Waals surface area contributed by atoms with E-state index in [9.17, 15) is 0 Å². The van der Waals surface area contributed by atoms with Crippen molar-refractivity contribution in [3.05, 3.63) is 29.0 Å². The molecular weight excluding hydrogens is 272 g/mol. The molecule has 1 saturated heterocycles. The lowest BCUT2D eigenvalue weighted by molar-refractivity contribution is 0.335. The molecule has 0 amide bonds. The molecule has 1 N–H and O–H groups in total. The van der Waals surface area contributed by atoms with Gasteiger partial charge in [-0.2, -0.15) is 0 Å². The minimum absolute atomic E-state index is 0.539. The lowest BCUT2D eigenvalue weighted by Crippen LogP contribution is -2.30. The second kappa shape index (κ2) is 5.72. The smallest absolute Gasteiger partial charge is 0.124 e. The van der Waals surface area contributed by atoms with Gasteiger partial charge < -0.3 is 14.8 Å². The molecule has 5 heteroatoms.